The monoisotopic (exact) mass is 455 g/mol. The normalized spacial score (nSPS) is 19.0. The number of rotatable bonds is 6. The summed E-state index contributed by atoms with van der Waals surface area (Å²) in [6.07, 6.45) is -0.310. The zero-order chi connectivity index (χ0) is 22.0. The molecule has 31 heavy (non-hydrogen) atoms. The van der Waals surface area contributed by atoms with E-state index in [0.29, 0.717) is 54.2 Å². The van der Waals surface area contributed by atoms with Gasteiger partial charge in [0.1, 0.15) is 11.9 Å². The second-order valence-corrected chi connectivity index (χ2v) is 8.46. The van der Waals surface area contributed by atoms with Gasteiger partial charge in [0.25, 0.3) is 0 Å². The predicted molar refractivity (Wildman–Crippen MR) is 108 cm³/mol. The first-order chi connectivity index (χ1) is 14.8. The number of aliphatic hydroxyl groups is 1. The van der Waals surface area contributed by atoms with E-state index in [9.17, 15) is 18.7 Å². The van der Waals surface area contributed by atoms with Crippen LogP contribution in [0.15, 0.2) is 11.4 Å². The molecule has 2 N–H and O–H groups in total. The van der Waals surface area contributed by atoms with Gasteiger partial charge in [-0.15, -0.1) is 11.3 Å². The van der Waals surface area contributed by atoms with Gasteiger partial charge in [-0.2, -0.15) is 4.98 Å². The molecule has 0 bridgehead atoms. The van der Waals surface area contributed by atoms with E-state index in [1.54, 1.807) is 11.4 Å². The average Bonchev–Trinajstić information content (AvgIpc) is 3.21. The number of hydrogen-bond donors (Lipinski definition) is 2. The van der Waals surface area contributed by atoms with E-state index < -0.39 is 12.0 Å². The molecule has 2 aliphatic rings. The number of carbonyl (C=O) groups is 1. The van der Waals surface area contributed by atoms with E-state index in [-0.39, 0.29) is 31.6 Å². The van der Waals surface area contributed by atoms with Gasteiger partial charge in [-0.1, -0.05) is 0 Å². The highest BCUT2D eigenvalue weighted by Crippen LogP contribution is 2.35. The molecule has 1 saturated heterocycles. The van der Waals surface area contributed by atoms with E-state index >= 15 is 0 Å². The van der Waals surface area contributed by atoms with Gasteiger partial charge in [-0.05, 0) is 12.8 Å². The fourth-order valence-corrected chi connectivity index (χ4v) is 4.23. The van der Waals surface area contributed by atoms with Crippen LogP contribution in [0.2, 0.25) is 0 Å². The number of anilines is 1. The van der Waals surface area contributed by atoms with E-state index in [2.05, 4.69) is 25.0 Å². The fourth-order valence-electron chi connectivity index (χ4n) is 3.49. The highest BCUT2D eigenvalue weighted by atomic mass is 32.1. The molecule has 1 aliphatic heterocycles. The van der Waals surface area contributed by atoms with Crippen molar-refractivity contribution in [3.63, 3.8) is 0 Å². The van der Waals surface area contributed by atoms with Crippen molar-refractivity contribution in [1.29, 1.82) is 0 Å². The Kier molecular flexibility index (Phi) is 6.19. The highest BCUT2D eigenvalue weighted by Gasteiger charge is 2.36. The lowest BCUT2D eigenvalue weighted by atomic mass is 9.92. The molecular formula is C19H23F2N5O4S. The van der Waals surface area contributed by atoms with Crippen LogP contribution < -0.4 is 10.1 Å². The minimum absolute atomic E-state index is 0.127. The smallest absolute Gasteiger partial charge is 0.409 e. The molecule has 1 aliphatic carbocycles. The van der Waals surface area contributed by atoms with Gasteiger partial charge in [-0.3, -0.25) is 0 Å². The number of carbonyl (C=O) groups excluding carboxylic acids is 1. The maximum atomic E-state index is 13.5. The molecule has 0 atom stereocenters. The molecule has 0 radical (unpaired) electrons. The number of amides is 1. The summed E-state index contributed by atoms with van der Waals surface area (Å²) < 4.78 is 37.5. The zero-order valence-corrected chi connectivity index (χ0v) is 17.7. The zero-order valence-electron chi connectivity index (χ0n) is 16.9. The van der Waals surface area contributed by atoms with E-state index in [1.165, 1.54) is 23.3 Å². The van der Waals surface area contributed by atoms with Crippen LogP contribution >= 0.6 is 11.3 Å². The van der Waals surface area contributed by atoms with Gasteiger partial charge in [0.05, 0.1) is 32.5 Å². The number of ether oxygens (including phenoxy) is 2. The van der Waals surface area contributed by atoms with Crippen molar-refractivity contribution in [2.75, 3.05) is 25.5 Å². The minimum atomic E-state index is -2.61. The summed E-state index contributed by atoms with van der Waals surface area (Å²) >= 11 is 1.29. The number of halogens is 2. The van der Waals surface area contributed by atoms with Crippen molar-refractivity contribution in [3.8, 4) is 16.7 Å². The molecule has 4 rings (SSSR count). The SMILES string of the molecule is COC(=O)N1CC(Oc2cc(NC3CCC(F)(F)CC3)nc(-c3nc(CO)cs3)n2)C1. The first-order valence-electron chi connectivity index (χ1n) is 9.94. The molecule has 2 aromatic rings. The van der Waals surface area contributed by atoms with Crippen molar-refractivity contribution in [2.45, 2.75) is 50.4 Å². The number of aromatic nitrogens is 3. The standard InChI is InChI=1S/C19H23F2N5O4S/c1-29-18(28)26-7-13(8-26)30-15-6-14(22-11-2-4-19(20,21)5-3-11)24-16(25-15)17-23-12(9-27)10-31-17/h6,10-11,13,27H,2-5,7-9H2,1H3,(H,22,24,25). The van der Waals surface area contributed by atoms with E-state index in [4.69, 9.17) is 4.74 Å². The van der Waals surface area contributed by atoms with Crippen LogP contribution in [0.3, 0.4) is 0 Å². The van der Waals surface area contributed by atoms with Gasteiger partial charge in [-0.25, -0.2) is 23.5 Å². The molecule has 0 unspecified atom stereocenters. The number of aliphatic hydroxyl groups excluding tert-OH is 1. The quantitative estimate of drug-likeness (QED) is 0.684. The Morgan fingerprint density at radius 3 is 2.71 bits per heavy atom. The lowest BCUT2D eigenvalue weighted by Gasteiger charge is -2.37. The molecule has 2 fully saturated rings. The van der Waals surface area contributed by atoms with Gasteiger partial charge in [0.2, 0.25) is 11.8 Å². The van der Waals surface area contributed by atoms with Crippen molar-refractivity contribution in [2.24, 2.45) is 0 Å². The summed E-state index contributed by atoms with van der Waals surface area (Å²) in [4.78, 5) is 26.2. The third-order valence-corrected chi connectivity index (χ3v) is 6.13. The highest BCUT2D eigenvalue weighted by molar-refractivity contribution is 7.13. The van der Waals surface area contributed by atoms with Crippen LogP contribution in [0.25, 0.3) is 10.8 Å². The molecular weight excluding hydrogens is 432 g/mol. The molecule has 1 amide bonds. The largest absolute Gasteiger partial charge is 0.470 e. The number of likely N-dealkylation sites (tertiary alicyclic amines) is 1. The number of thiazole rings is 1. The van der Waals surface area contributed by atoms with Crippen LogP contribution in [0.1, 0.15) is 31.4 Å². The van der Waals surface area contributed by atoms with Crippen molar-refractivity contribution < 1.29 is 28.2 Å². The summed E-state index contributed by atoms with van der Waals surface area (Å²) in [5.41, 5.74) is 0.506. The van der Waals surface area contributed by atoms with E-state index in [1.807, 2.05) is 0 Å². The lowest BCUT2D eigenvalue weighted by molar-refractivity contribution is -0.0361. The van der Waals surface area contributed by atoms with Gasteiger partial charge >= 0.3 is 6.09 Å². The molecule has 1 saturated carbocycles. The van der Waals surface area contributed by atoms with Crippen LogP contribution in [-0.4, -0.2) is 69.3 Å². The van der Waals surface area contributed by atoms with Gasteiger partial charge in [0.15, 0.2) is 10.8 Å². The van der Waals surface area contributed by atoms with Crippen molar-refractivity contribution >= 4 is 23.2 Å². The summed E-state index contributed by atoms with van der Waals surface area (Å²) in [6.45, 7) is 0.552. The Hall–Kier alpha value is -2.60. The van der Waals surface area contributed by atoms with Crippen LogP contribution in [0, 0.1) is 0 Å². The number of nitrogens with one attached hydrogen (secondary N) is 1. The van der Waals surface area contributed by atoms with Crippen LogP contribution in [0.4, 0.5) is 19.4 Å². The number of methoxy groups -OCH3 is 1. The van der Waals surface area contributed by atoms with E-state index in [0.717, 1.165) is 0 Å². The minimum Gasteiger partial charge on any atom is -0.470 e. The Balaban J connectivity index is 1.50. The average molecular weight is 455 g/mol. The molecule has 9 nitrogen and oxygen atoms in total. The third-order valence-electron chi connectivity index (χ3n) is 5.25. The lowest BCUT2D eigenvalue weighted by Crippen LogP contribution is -2.56. The molecule has 2 aromatic heterocycles. The maximum Gasteiger partial charge on any atom is 0.409 e. The molecule has 0 aromatic carbocycles. The summed E-state index contributed by atoms with van der Waals surface area (Å²) in [5.74, 6) is -1.54. The Morgan fingerprint density at radius 1 is 1.32 bits per heavy atom. The molecule has 0 spiro atoms. The fraction of sp³-hybridized carbons (Fsp3) is 0.579. The van der Waals surface area contributed by atoms with Crippen LogP contribution in [-0.2, 0) is 11.3 Å². The number of nitrogens with zero attached hydrogens (tertiary/aromatic N) is 4. The number of alkyl halides is 2. The first-order valence-corrected chi connectivity index (χ1v) is 10.8. The summed E-state index contributed by atoms with van der Waals surface area (Å²) in [5, 5.41) is 14.7. The Morgan fingerprint density at radius 2 is 2.06 bits per heavy atom. The van der Waals surface area contributed by atoms with Gasteiger partial charge in [0, 0.05) is 30.3 Å². The van der Waals surface area contributed by atoms with Crippen molar-refractivity contribution in [1.82, 2.24) is 19.9 Å². The summed E-state index contributed by atoms with van der Waals surface area (Å²) in [6, 6.07) is 1.50. The maximum absolute atomic E-state index is 13.5. The topological polar surface area (TPSA) is 110 Å². The Bertz CT molecular complexity index is 928. The first kappa shape index (κ1) is 21.6. The third kappa shape index (κ3) is 5.18. The number of hydrogen-bond acceptors (Lipinski definition) is 9. The second kappa shape index (κ2) is 8.87. The molecule has 3 heterocycles. The second-order valence-electron chi connectivity index (χ2n) is 7.61. The van der Waals surface area contributed by atoms with Gasteiger partial charge < -0.3 is 24.8 Å². The summed E-state index contributed by atoms with van der Waals surface area (Å²) in [7, 11) is 1.32. The van der Waals surface area contributed by atoms with Crippen LogP contribution in [0.5, 0.6) is 5.88 Å². The van der Waals surface area contributed by atoms with Crippen molar-refractivity contribution in [3.05, 3.63) is 17.1 Å². The molecule has 168 valence electrons. The molecule has 12 heteroatoms. The predicted octanol–water partition coefficient (Wildman–Crippen LogP) is 2.91. The Labute approximate surface area is 181 Å².